The number of morpholine rings is 1. The first kappa shape index (κ1) is 16.4. The molecule has 3 heterocycles. The van der Waals surface area contributed by atoms with Crippen LogP contribution in [0.25, 0.3) is 0 Å². The second-order valence-electron chi connectivity index (χ2n) is 6.85. The number of carbonyl (C=O) groups is 1. The van der Waals surface area contributed by atoms with Crippen LogP contribution in [0.4, 0.5) is 0 Å². The van der Waals surface area contributed by atoms with Gasteiger partial charge in [0.1, 0.15) is 6.10 Å². The summed E-state index contributed by atoms with van der Waals surface area (Å²) in [5, 5.41) is 7.91. The van der Waals surface area contributed by atoms with E-state index < -0.39 is 0 Å². The van der Waals surface area contributed by atoms with Crippen LogP contribution in [0, 0.1) is 12.8 Å². The van der Waals surface area contributed by atoms with E-state index in [1.54, 1.807) is 6.92 Å². The topological polar surface area (TPSA) is 71.7 Å². The van der Waals surface area contributed by atoms with Gasteiger partial charge >= 0.3 is 0 Å². The van der Waals surface area contributed by atoms with E-state index >= 15 is 0 Å². The van der Waals surface area contributed by atoms with Crippen molar-refractivity contribution in [3.05, 3.63) is 11.8 Å². The van der Waals surface area contributed by atoms with Gasteiger partial charge in [0.05, 0.1) is 12.6 Å². The molecule has 0 saturated carbocycles. The van der Waals surface area contributed by atoms with Gasteiger partial charge in [-0.05, 0) is 25.7 Å². The number of likely N-dealkylation sites (tertiary alicyclic amines) is 1. The zero-order valence-electron chi connectivity index (χ0n) is 14.2. The van der Waals surface area contributed by atoms with Crippen molar-refractivity contribution in [3.63, 3.8) is 0 Å². The molecule has 7 nitrogen and oxygen atoms in total. The number of aromatic nitrogens is 2. The number of aryl methyl sites for hydroxylation is 1. The summed E-state index contributed by atoms with van der Waals surface area (Å²) in [4.78, 5) is 16.6. The molecule has 0 radical (unpaired) electrons. The largest absolute Gasteiger partial charge is 0.423 e. The first-order valence-corrected chi connectivity index (χ1v) is 8.47. The third kappa shape index (κ3) is 4.09. The van der Waals surface area contributed by atoms with Crippen molar-refractivity contribution in [1.82, 2.24) is 20.0 Å². The van der Waals surface area contributed by atoms with Crippen molar-refractivity contribution in [3.8, 4) is 0 Å². The van der Waals surface area contributed by atoms with Crippen molar-refractivity contribution < 1.29 is 13.9 Å². The molecule has 7 heteroatoms. The van der Waals surface area contributed by atoms with Crippen LogP contribution in [0.1, 0.15) is 44.6 Å². The number of piperidine rings is 1. The average Bonchev–Trinajstić information content (AvgIpc) is 2.94. The first-order valence-electron chi connectivity index (χ1n) is 8.47. The molecule has 3 rings (SSSR count). The van der Waals surface area contributed by atoms with Crippen molar-refractivity contribution >= 4 is 5.91 Å². The maximum absolute atomic E-state index is 12.5. The van der Waals surface area contributed by atoms with Gasteiger partial charge in [-0.25, -0.2) is 0 Å². The minimum Gasteiger partial charge on any atom is -0.423 e. The lowest BCUT2D eigenvalue weighted by Gasteiger charge is -2.37. The molecule has 2 aliphatic heterocycles. The van der Waals surface area contributed by atoms with E-state index in [1.165, 1.54) is 0 Å². The molecule has 0 bridgehead atoms. The lowest BCUT2D eigenvalue weighted by Crippen LogP contribution is -2.49. The zero-order valence-corrected chi connectivity index (χ0v) is 14.2. The first-order chi connectivity index (χ1) is 11.0. The number of carbonyl (C=O) groups excluding carboxylic acids is 1. The van der Waals surface area contributed by atoms with Crippen molar-refractivity contribution in [2.24, 2.45) is 5.92 Å². The van der Waals surface area contributed by atoms with Gasteiger partial charge in [0, 0.05) is 33.1 Å². The summed E-state index contributed by atoms with van der Waals surface area (Å²) in [7, 11) is 0. The lowest BCUT2D eigenvalue weighted by molar-refractivity contribution is -0.138. The summed E-state index contributed by atoms with van der Waals surface area (Å²) in [6, 6.07) is 0. The van der Waals surface area contributed by atoms with Crippen LogP contribution in [-0.2, 0) is 9.53 Å². The quantitative estimate of drug-likeness (QED) is 0.837. The number of rotatable bonds is 3. The van der Waals surface area contributed by atoms with Crippen LogP contribution < -0.4 is 0 Å². The molecule has 1 aromatic rings. The molecule has 128 valence electrons. The molecule has 0 spiro atoms. The Morgan fingerprint density at radius 1 is 1.22 bits per heavy atom. The van der Waals surface area contributed by atoms with Gasteiger partial charge in [0.2, 0.25) is 17.7 Å². The summed E-state index contributed by atoms with van der Waals surface area (Å²) in [5.41, 5.74) is 0. The Bertz CT molecular complexity index is 539. The predicted molar refractivity (Wildman–Crippen MR) is 83.7 cm³/mol. The van der Waals surface area contributed by atoms with Gasteiger partial charge in [-0.15, -0.1) is 10.2 Å². The Morgan fingerprint density at radius 2 is 1.96 bits per heavy atom. The summed E-state index contributed by atoms with van der Waals surface area (Å²) in [6.07, 6.45) is 1.99. The standard InChI is InChI=1S/C16H26N4O3/c1-11-4-6-20(7-5-11)15(21)10-19-8-12(2)22-14(9-19)16-18-17-13(3)23-16/h11-12,14H,4-10H2,1-3H3/t12-,14-/m1/s1. The van der Waals surface area contributed by atoms with Crippen LogP contribution in [-0.4, -0.2) is 64.7 Å². The van der Waals surface area contributed by atoms with E-state index in [4.69, 9.17) is 9.15 Å². The number of ether oxygens (including phenoxy) is 1. The molecule has 0 aliphatic carbocycles. The van der Waals surface area contributed by atoms with Crippen LogP contribution in [0.5, 0.6) is 0 Å². The van der Waals surface area contributed by atoms with Gasteiger partial charge in [-0.1, -0.05) is 6.92 Å². The second-order valence-corrected chi connectivity index (χ2v) is 6.85. The normalized spacial score (nSPS) is 27.3. The molecular formula is C16H26N4O3. The van der Waals surface area contributed by atoms with Crippen LogP contribution >= 0.6 is 0 Å². The number of amides is 1. The van der Waals surface area contributed by atoms with Gasteiger partial charge < -0.3 is 14.1 Å². The molecule has 0 aromatic carbocycles. The minimum absolute atomic E-state index is 0.0372. The number of hydrogen-bond acceptors (Lipinski definition) is 6. The third-order valence-electron chi connectivity index (χ3n) is 4.65. The summed E-state index contributed by atoms with van der Waals surface area (Å²) < 4.78 is 11.4. The molecule has 0 N–H and O–H groups in total. The molecule has 2 saturated heterocycles. The number of hydrogen-bond donors (Lipinski definition) is 0. The fourth-order valence-electron chi connectivity index (χ4n) is 3.30. The molecule has 23 heavy (non-hydrogen) atoms. The van der Waals surface area contributed by atoms with Gasteiger partial charge in [-0.2, -0.15) is 0 Å². The van der Waals surface area contributed by atoms with Crippen molar-refractivity contribution in [1.29, 1.82) is 0 Å². The maximum atomic E-state index is 12.5. The highest BCUT2D eigenvalue weighted by molar-refractivity contribution is 5.78. The van der Waals surface area contributed by atoms with Crippen LogP contribution in [0.2, 0.25) is 0 Å². The Balaban J connectivity index is 1.57. The molecule has 0 unspecified atom stereocenters. The van der Waals surface area contributed by atoms with Gasteiger partial charge in [0.15, 0.2) is 0 Å². The highest BCUT2D eigenvalue weighted by Gasteiger charge is 2.32. The highest BCUT2D eigenvalue weighted by Crippen LogP contribution is 2.24. The van der Waals surface area contributed by atoms with E-state index in [9.17, 15) is 4.79 Å². The molecule has 2 fully saturated rings. The summed E-state index contributed by atoms with van der Waals surface area (Å²) >= 11 is 0. The molecular weight excluding hydrogens is 296 g/mol. The van der Waals surface area contributed by atoms with E-state index in [0.29, 0.717) is 24.9 Å². The second kappa shape index (κ2) is 6.97. The summed E-state index contributed by atoms with van der Waals surface area (Å²) in [6.45, 7) is 9.59. The highest BCUT2D eigenvalue weighted by atomic mass is 16.5. The lowest BCUT2D eigenvalue weighted by atomic mass is 9.99. The Hall–Kier alpha value is -1.47. The maximum Gasteiger partial charge on any atom is 0.246 e. The monoisotopic (exact) mass is 322 g/mol. The fourth-order valence-corrected chi connectivity index (χ4v) is 3.30. The van der Waals surface area contributed by atoms with E-state index in [0.717, 1.165) is 38.4 Å². The minimum atomic E-state index is -0.255. The third-order valence-corrected chi connectivity index (χ3v) is 4.65. The van der Waals surface area contributed by atoms with Crippen LogP contribution in [0.15, 0.2) is 4.42 Å². The number of nitrogens with zero attached hydrogens (tertiary/aromatic N) is 4. The van der Waals surface area contributed by atoms with E-state index in [2.05, 4.69) is 22.0 Å². The van der Waals surface area contributed by atoms with E-state index in [1.807, 2.05) is 11.8 Å². The van der Waals surface area contributed by atoms with Gasteiger partial charge in [0.25, 0.3) is 0 Å². The molecule has 2 atom stereocenters. The van der Waals surface area contributed by atoms with Crippen molar-refractivity contribution in [2.45, 2.75) is 45.8 Å². The Labute approximate surface area is 137 Å². The fraction of sp³-hybridized carbons (Fsp3) is 0.812. The molecule has 1 amide bonds. The molecule has 1 aromatic heterocycles. The van der Waals surface area contributed by atoms with Gasteiger partial charge in [-0.3, -0.25) is 9.69 Å². The summed E-state index contributed by atoms with van der Waals surface area (Å²) in [5.74, 6) is 1.98. The van der Waals surface area contributed by atoms with Crippen molar-refractivity contribution in [2.75, 3.05) is 32.7 Å². The zero-order chi connectivity index (χ0) is 16.4. The molecule has 2 aliphatic rings. The van der Waals surface area contributed by atoms with E-state index in [-0.39, 0.29) is 18.1 Å². The SMILES string of the molecule is Cc1nnc([C@H]2CN(CC(=O)N3CCC(C)CC3)C[C@@H](C)O2)o1. The predicted octanol–water partition coefficient (Wildman–Crippen LogP) is 1.40. The Morgan fingerprint density at radius 3 is 2.61 bits per heavy atom. The Kier molecular flexibility index (Phi) is 4.96. The van der Waals surface area contributed by atoms with Crippen LogP contribution in [0.3, 0.4) is 0 Å². The average molecular weight is 322 g/mol. The smallest absolute Gasteiger partial charge is 0.246 e.